The number of carbonyl (C=O) groups is 2. The van der Waals surface area contributed by atoms with Gasteiger partial charge in [-0.25, -0.2) is 8.78 Å². The molecule has 0 heterocycles. The van der Waals surface area contributed by atoms with Crippen molar-refractivity contribution in [2.45, 2.75) is 51.4 Å². The van der Waals surface area contributed by atoms with Gasteiger partial charge in [0, 0.05) is 17.8 Å². The van der Waals surface area contributed by atoms with Gasteiger partial charge in [0.05, 0.1) is 5.56 Å². The third-order valence-corrected chi connectivity index (χ3v) is 7.04. The summed E-state index contributed by atoms with van der Waals surface area (Å²) < 4.78 is 57.6. The fraction of sp³-hybridized carbons (Fsp3) is 0.462. The van der Waals surface area contributed by atoms with Crippen molar-refractivity contribution in [3.8, 4) is 0 Å². The zero-order chi connectivity index (χ0) is 24.5. The summed E-state index contributed by atoms with van der Waals surface area (Å²) in [7, 11) is 0. The molecule has 2 aromatic rings. The normalized spacial score (nSPS) is 22.2. The molecule has 2 aliphatic carbocycles. The molecule has 2 N–H and O–H groups in total. The number of hydrogen-bond donors (Lipinski definition) is 2. The first-order chi connectivity index (χ1) is 16.1. The van der Waals surface area contributed by atoms with Crippen LogP contribution in [0.1, 0.15) is 60.0 Å². The molecular weight excluding hydrogens is 448 g/mol. The SMILES string of the molecule is Cc1cc(NC(=O)c2ccc(F)c(C(F)(F)C(=O)NCC3CC4CCCC(C4)C3)c2)ccc1F. The van der Waals surface area contributed by atoms with Gasteiger partial charge in [0.15, 0.2) is 0 Å². The van der Waals surface area contributed by atoms with E-state index in [0.29, 0.717) is 23.5 Å². The third-order valence-electron chi connectivity index (χ3n) is 7.04. The second-order valence-corrected chi connectivity index (χ2v) is 9.63. The standard InChI is InChI=1S/C26H28F4N2O2/c1-15-9-20(6-8-22(15)27)32-24(33)19-5-7-23(28)21(13-19)26(29,30)25(34)31-14-18-11-16-3-2-4-17(10-16)12-18/h5-9,13,16-18H,2-4,10-12,14H2,1H3,(H,31,34)(H,32,33). The minimum absolute atomic E-state index is 0.132. The first-order valence-corrected chi connectivity index (χ1v) is 11.7. The number of hydrogen-bond acceptors (Lipinski definition) is 2. The van der Waals surface area contributed by atoms with Gasteiger partial charge in [-0.1, -0.05) is 19.3 Å². The highest BCUT2D eigenvalue weighted by Crippen LogP contribution is 2.42. The number of aryl methyl sites for hydroxylation is 1. The Labute approximate surface area is 196 Å². The Balaban J connectivity index is 1.44. The van der Waals surface area contributed by atoms with Crippen LogP contribution in [-0.2, 0) is 10.7 Å². The lowest BCUT2D eigenvalue weighted by atomic mass is 9.68. The van der Waals surface area contributed by atoms with E-state index in [4.69, 9.17) is 0 Å². The molecule has 0 spiro atoms. The quantitative estimate of drug-likeness (QED) is 0.506. The maximum absolute atomic E-state index is 14.9. The highest BCUT2D eigenvalue weighted by molar-refractivity contribution is 6.04. The number of carbonyl (C=O) groups excluding carboxylic acids is 2. The van der Waals surface area contributed by atoms with Crippen molar-refractivity contribution in [1.82, 2.24) is 5.32 Å². The van der Waals surface area contributed by atoms with Crippen LogP contribution in [0.15, 0.2) is 36.4 Å². The van der Waals surface area contributed by atoms with Gasteiger partial charge in [-0.2, -0.15) is 8.78 Å². The largest absolute Gasteiger partial charge is 0.352 e. The van der Waals surface area contributed by atoms with E-state index in [9.17, 15) is 27.2 Å². The van der Waals surface area contributed by atoms with Crippen molar-refractivity contribution in [3.63, 3.8) is 0 Å². The van der Waals surface area contributed by atoms with E-state index in [0.717, 1.165) is 37.8 Å². The van der Waals surface area contributed by atoms with Crippen molar-refractivity contribution >= 4 is 17.5 Å². The summed E-state index contributed by atoms with van der Waals surface area (Å²) in [6, 6.07) is 6.36. The van der Waals surface area contributed by atoms with Crippen molar-refractivity contribution in [1.29, 1.82) is 0 Å². The minimum Gasteiger partial charge on any atom is -0.350 e. The molecule has 182 valence electrons. The third kappa shape index (κ3) is 5.26. The Morgan fingerprint density at radius 3 is 2.32 bits per heavy atom. The van der Waals surface area contributed by atoms with Crippen molar-refractivity contribution < 1.29 is 27.2 Å². The van der Waals surface area contributed by atoms with Crippen molar-refractivity contribution in [2.24, 2.45) is 17.8 Å². The van der Waals surface area contributed by atoms with Crippen LogP contribution in [0.5, 0.6) is 0 Å². The van der Waals surface area contributed by atoms with Crippen molar-refractivity contribution in [3.05, 3.63) is 64.7 Å². The van der Waals surface area contributed by atoms with E-state index in [1.54, 1.807) is 0 Å². The fourth-order valence-electron chi connectivity index (χ4n) is 5.34. The van der Waals surface area contributed by atoms with Crippen LogP contribution in [0.4, 0.5) is 23.2 Å². The lowest BCUT2D eigenvalue weighted by Gasteiger charge is -2.39. The zero-order valence-corrected chi connectivity index (χ0v) is 19.0. The average molecular weight is 477 g/mol. The predicted octanol–water partition coefficient (Wildman–Crippen LogP) is 5.95. The lowest BCUT2D eigenvalue weighted by Crippen LogP contribution is -2.42. The molecule has 0 saturated heterocycles. The molecule has 2 bridgehead atoms. The number of nitrogens with one attached hydrogen (secondary N) is 2. The summed E-state index contributed by atoms with van der Waals surface area (Å²) in [6.45, 7) is 1.65. The van der Waals surface area contributed by atoms with E-state index in [2.05, 4.69) is 10.6 Å². The Morgan fingerprint density at radius 2 is 1.65 bits per heavy atom. The van der Waals surface area contributed by atoms with Gasteiger partial charge in [0.1, 0.15) is 11.6 Å². The van der Waals surface area contributed by atoms with Gasteiger partial charge in [0.2, 0.25) is 0 Å². The summed E-state index contributed by atoms with van der Waals surface area (Å²) in [6.07, 6.45) is 6.50. The van der Waals surface area contributed by atoms with Gasteiger partial charge < -0.3 is 10.6 Å². The number of anilines is 1. The maximum Gasteiger partial charge on any atom is 0.352 e. The van der Waals surface area contributed by atoms with Gasteiger partial charge >= 0.3 is 5.92 Å². The fourth-order valence-corrected chi connectivity index (χ4v) is 5.34. The van der Waals surface area contributed by atoms with E-state index >= 15 is 0 Å². The number of rotatable bonds is 6. The second kappa shape index (κ2) is 9.76. The van der Waals surface area contributed by atoms with Gasteiger partial charge in [-0.05, 0) is 85.9 Å². The minimum atomic E-state index is -4.14. The molecule has 2 aromatic carbocycles. The molecule has 4 rings (SSSR count). The average Bonchev–Trinajstić information content (AvgIpc) is 2.79. The van der Waals surface area contributed by atoms with E-state index in [-0.39, 0.29) is 23.7 Å². The maximum atomic E-state index is 14.9. The highest BCUT2D eigenvalue weighted by Gasteiger charge is 2.44. The summed E-state index contributed by atoms with van der Waals surface area (Å²) in [4.78, 5) is 24.9. The molecule has 0 radical (unpaired) electrons. The van der Waals surface area contributed by atoms with Crippen LogP contribution in [0.2, 0.25) is 0 Å². The first-order valence-electron chi connectivity index (χ1n) is 11.7. The summed E-state index contributed by atoms with van der Waals surface area (Å²) >= 11 is 0. The summed E-state index contributed by atoms with van der Waals surface area (Å²) in [5.74, 6) is -6.90. The highest BCUT2D eigenvalue weighted by atomic mass is 19.3. The van der Waals surface area contributed by atoms with Gasteiger partial charge in [-0.15, -0.1) is 0 Å². The predicted molar refractivity (Wildman–Crippen MR) is 121 cm³/mol. The van der Waals surface area contributed by atoms with Crippen LogP contribution in [0, 0.1) is 36.3 Å². The number of fused-ring (bicyclic) bond motifs is 2. The Bertz CT molecular complexity index is 1080. The molecule has 2 atom stereocenters. The van der Waals surface area contributed by atoms with Crippen LogP contribution >= 0.6 is 0 Å². The van der Waals surface area contributed by atoms with Gasteiger partial charge in [-0.3, -0.25) is 9.59 Å². The molecule has 0 aromatic heterocycles. The molecule has 2 amide bonds. The zero-order valence-electron chi connectivity index (χ0n) is 19.0. The number of halogens is 4. The second-order valence-electron chi connectivity index (χ2n) is 9.63. The number of amides is 2. The molecule has 0 aliphatic heterocycles. The Morgan fingerprint density at radius 1 is 0.971 bits per heavy atom. The molecule has 8 heteroatoms. The molecule has 2 saturated carbocycles. The summed E-state index contributed by atoms with van der Waals surface area (Å²) in [5, 5.41) is 4.78. The van der Waals surface area contributed by atoms with Crippen LogP contribution < -0.4 is 10.6 Å². The molecule has 2 aliphatic rings. The topological polar surface area (TPSA) is 58.2 Å². The first kappa shape index (κ1) is 24.2. The van der Waals surface area contributed by atoms with Crippen molar-refractivity contribution in [2.75, 3.05) is 11.9 Å². The molecular formula is C26H28F4N2O2. The monoisotopic (exact) mass is 476 g/mol. The lowest BCUT2D eigenvalue weighted by molar-refractivity contribution is -0.147. The number of benzene rings is 2. The van der Waals surface area contributed by atoms with E-state index in [1.807, 2.05) is 0 Å². The number of alkyl halides is 2. The Hall–Kier alpha value is -2.90. The molecule has 2 fully saturated rings. The summed E-state index contributed by atoms with van der Waals surface area (Å²) in [5.41, 5.74) is -0.849. The molecule has 2 unspecified atom stereocenters. The van der Waals surface area contributed by atoms with E-state index < -0.39 is 34.9 Å². The smallest absolute Gasteiger partial charge is 0.350 e. The Kier molecular flexibility index (Phi) is 6.96. The van der Waals surface area contributed by atoms with Crippen LogP contribution in [0.25, 0.3) is 0 Å². The molecule has 4 nitrogen and oxygen atoms in total. The van der Waals surface area contributed by atoms with E-state index in [1.165, 1.54) is 38.0 Å². The van der Waals surface area contributed by atoms with Crippen LogP contribution in [0.3, 0.4) is 0 Å². The van der Waals surface area contributed by atoms with Crippen LogP contribution in [-0.4, -0.2) is 18.4 Å². The molecule has 34 heavy (non-hydrogen) atoms. The van der Waals surface area contributed by atoms with Gasteiger partial charge in [0.25, 0.3) is 11.8 Å².